The third-order valence-electron chi connectivity index (χ3n) is 4.23. The van der Waals surface area contributed by atoms with Gasteiger partial charge in [-0.05, 0) is 30.5 Å². The van der Waals surface area contributed by atoms with Crippen molar-refractivity contribution in [3.8, 4) is 0 Å². The maximum absolute atomic E-state index is 12.5. The van der Waals surface area contributed by atoms with Crippen molar-refractivity contribution in [1.29, 1.82) is 0 Å². The van der Waals surface area contributed by atoms with E-state index in [4.69, 9.17) is 4.74 Å². The molecule has 0 spiro atoms. The molecule has 114 valence electrons. The number of rotatable bonds is 4. The van der Waals surface area contributed by atoms with Crippen LogP contribution in [0.25, 0.3) is 0 Å². The van der Waals surface area contributed by atoms with E-state index in [1.54, 1.807) is 7.11 Å². The zero-order valence-corrected chi connectivity index (χ0v) is 12.7. The average Bonchev–Trinajstić information content (AvgIpc) is 2.76. The Morgan fingerprint density at radius 3 is 3.14 bits per heavy atom. The number of ether oxygens (including phenoxy) is 1. The minimum Gasteiger partial charge on any atom is -0.383 e. The second-order valence-corrected chi connectivity index (χ2v) is 5.84. The van der Waals surface area contributed by atoms with Crippen LogP contribution in [0.2, 0.25) is 0 Å². The number of hydrogen-bond donors (Lipinski definition) is 2. The molecule has 2 heterocycles. The average molecular weight is 289 g/mol. The van der Waals surface area contributed by atoms with Gasteiger partial charge in [-0.3, -0.25) is 4.79 Å². The molecule has 0 bridgehead atoms. The maximum Gasteiger partial charge on any atom is 0.251 e. The monoisotopic (exact) mass is 289 g/mol. The lowest BCUT2D eigenvalue weighted by molar-refractivity contribution is 0.0905. The molecule has 3 rings (SSSR count). The van der Waals surface area contributed by atoms with Gasteiger partial charge in [0.05, 0.1) is 6.61 Å². The highest BCUT2D eigenvalue weighted by Gasteiger charge is 2.28. The fraction of sp³-hybridized carbons (Fsp3) is 0.562. The number of methoxy groups -OCH3 is 1. The highest BCUT2D eigenvalue weighted by atomic mass is 16.5. The minimum atomic E-state index is 0.0106. The lowest BCUT2D eigenvalue weighted by Crippen LogP contribution is -2.36. The molecule has 1 atom stereocenters. The summed E-state index contributed by atoms with van der Waals surface area (Å²) in [7, 11) is 1.65. The van der Waals surface area contributed by atoms with E-state index in [0.29, 0.717) is 6.61 Å². The smallest absolute Gasteiger partial charge is 0.251 e. The molecule has 2 aliphatic rings. The molecule has 0 fully saturated rings. The molecule has 0 aromatic heterocycles. The molecule has 2 N–H and O–H groups in total. The summed E-state index contributed by atoms with van der Waals surface area (Å²) in [6.07, 6.45) is 0.963. The van der Waals surface area contributed by atoms with Crippen molar-refractivity contribution in [3.05, 3.63) is 28.8 Å². The van der Waals surface area contributed by atoms with Crippen molar-refractivity contribution in [3.63, 3.8) is 0 Å². The zero-order chi connectivity index (χ0) is 14.8. The Morgan fingerprint density at radius 1 is 1.48 bits per heavy atom. The van der Waals surface area contributed by atoms with Gasteiger partial charge in [-0.2, -0.15) is 0 Å². The first-order chi connectivity index (χ1) is 10.2. The van der Waals surface area contributed by atoms with Crippen LogP contribution >= 0.6 is 0 Å². The molecule has 21 heavy (non-hydrogen) atoms. The number of carbonyl (C=O) groups is 1. The summed E-state index contributed by atoms with van der Waals surface area (Å²) in [6, 6.07) is 4.08. The lowest BCUT2D eigenvalue weighted by Gasteiger charge is -2.19. The molecule has 0 saturated heterocycles. The van der Waals surface area contributed by atoms with E-state index in [9.17, 15) is 4.79 Å². The summed E-state index contributed by atoms with van der Waals surface area (Å²) in [6.45, 7) is 6.41. The van der Waals surface area contributed by atoms with Gasteiger partial charge in [-0.15, -0.1) is 0 Å². The predicted octanol–water partition coefficient (Wildman–Crippen LogP) is 0.917. The van der Waals surface area contributed by atoms with Crippen LogP contribution in [-0.2, 0) is 17.7 Å². The quantitative estimate of drug-likeness (QED) is 0.865. The largest absolute Gasteiger partial charge is 0.383 e. The van der Waals surface area contributed by atoms with Crippen molar-refractivity contribution in [2.75, 3.05) is 38.3 Å². The number of anilines is 1. The first-order valence-corrected chi connectivity index (χ1v) is 7.61. The van der Waals surface area contributed by atoms with Gasteiger partial charge < -0.3 is 20.3 Å². The molecule has 1 aromatic rings. The zero-order valence-electron chi connectivity index (χ0n) is 12.7. The van der Waals surface area contributed by atoms with E-state index < -0.39 is 0 Å². The van der Waals surface area contributed by atoms with E-state index in [1.807, 2.05) is 13.0 Å². The summed E-state index contributed by atoms with van der Waals surface area (Å²) in [5.41, 5.74) is 4.62. The Morgan fingerprint density at radius 2 is 2.33 bits per heavy atom. The van der Waals surface area contributed by atoms with Crippen molar-refractivity contribution in [2.45, 2.75) is 25.9 Å². The SMILES string of the molecule is COCC(C)NC(=O)c1ccc2c3c1CCN3CCNC2. The number of nitrogens with zero attached hydrogens (tertiary/aromatic N) is 1. The van der Waals surface area contributed by atoms with Crippen LogP contribution in [0.15, 0.2) is 12.1 Å². The van der Waals surface area contributed by atoms with Crippen molar-refractivity contribution < 1.29 is 9.53 Å². The van der Waals surface area contributed by atoms with Crippen molar-refractivity contribution >= 4 is 11.6 Å². The molecule has 5 heteroatoms. The van der Waals surface area contributed by atoms with E-state index in [0.717, 1.165) is 38.2 Å². The van der Waals surface area contributed by atoms with Crippen LogP contribution in [0.3, 0.4) is 0 Å². The third-order valence-corrected chi connectivity index (χ3v) is 4.23. The van der Waals surface area contributed by atoms with Crippen LogP contribution < -0.4 is 15.5 Å². The van der Waals surface area contributed by atoms with Gasteiger partial charge in [-0.25, -0.2) is 0 Å². The van der Waals surface area contributed by atoms with Crippen LogP contribution in [-0.4, -0.2) is 45.3 Å². The highest BCUT2D eigenvalue weighted by molar-refractivity contribution is 5.98. The number of benzene rings is 1. The van der Waals surface area contributed by atoms with Crippen LogP contribution in [0.1, 0.15) is 28.4 Å². The molecule has 1 unspecified atom stereocenters. The van der Waals surface area contributed by atoms with Crippen molar-refractivity contribution in [2.24, 2.45) is 0 Å². The molecule has 1 amide bonds. The van der Waals surface area contributed by atoms with Crippen LogP contribution in [0, 0.1) is 0 Å². The van der Waals surface area contributed by atoms with Gasteiger partial charge in [0.1, 0.15) is 0 Å². The molecule has 0 aliphatic carbocycles. The number of hydrogen-bond acceptors (Lipinski definition) is 4. The summed E-state index contributed by atoms with van der Waals surface area (Å²) in [4.78, 5) is 14.9. The van der Waals surface area contributed by atoms with Gasteiger partial charge in [-0.1, -0.05) is 6.07 Å². The molecular weight excluding hydrogens is 266 g/mol. The molecule has 0 radical (unpaired) electrons. The third kappa shape index (κ3) is 2.76. The normalized spacial score (nSPS) is 18.1. The standard InChI is InChI=1S/C16H23N3O2/c1-11(10-21-2)18-16(20)14-4-3-12-9-17-6-8-19-7-5-13(14)15(12)19/h3-4,11,17H,5-10H2,1-2H3,(H,18,20). The van der Waals surface area contributed by atoms with Crippen LogP contribution in [0.4, 0.5) is 5.69 Å². The maximum atomic E-state index is 12.5. The Balaban J connectivity index is 1.88. The number of carbonyl (C=O) groups excluding carboxylic acids is 1. The Bertz CT molecular complexity index is 545. The molecule has 1 aromatic carbocycles. The Labute approximate surface area is 125 Å². The second kappa shape index (κ2) is 6.03. The number of amides is 1. The second-order valence-electron chi connectivity index (χ2n) is 5.84. The van der Waals surface area contributed by atoms with Gasteiger partial charge in [0, 0.05) is 50.6 Å². The topological polar surface area (TPSA) is 53.6 Å². The Hall–Kier alpha value is -1.59. The summed E-state index contributed by atoms with van der Waals surface area (Å²) in [5, 5.41) is 6.45. The van der Waals surface area contributed by atoms with E-state index >= 15 is 0 Å². The molecular formula is C16H23N3O2. The van der Waals surface area contributed by atoms with Gasteiger partial charge in [0.15, 0.2) is 0 Å². The minimum absolute atomic E-state index is 0.0106. The predicted molar refractivity (Wildman–Crippen MR) is 82.9 cm³/mol. The van der Waals surface area contributed by atoms with Crippen molar-refractivity contribution in [1.82, 2.24) is 10.6 Å². The van der Waals surface area contributed by atoms with E-state index in [-0.39, 0.29) is 11.9 Å². The fourth-order valence-corrected chi connectivity index (χ4v) is 3.30. The summed E-state index contributed by atoms with van der Waals surface area (Å²) in [5.74, 6) is 0.0106. The molecule has 0 saturated carbocycles. The first-order valence-electron chi connectivity index (χ1n) is 7.61. The highest BCUT2D eigenvalue weighted by Crippen LogP contribution is 2.35. The first kappa shape index (κ1) is 14.4. The molecule has 2 aliphatic heterocycles. The van der Waals surface area contributed by atoms with Gasteiger partial charge in [0.25, 0.3) is 5.91 Å². The van der Waals surface area contributed by atoms with Gasteiger partial charge >= 0.3 is 0 Å². The fourth-order valence-electron chi connectivity index (χ4n) is 3.30. The lowest BCUT2D eigenvalue weighted by atomic mass is 10.00. The van der Waals surface area contributed by atoms with E-state index in [2.05, 4.69) is 21.6 Å². The van der Waals surface area contributed by atoms with Crippen LogP contribution in [0.5, 0.6) is 0 Å². The van der Waals surface area contributed by atoms with Gasteiger partial charge in [0.2, 0.25) is 0 Å². The molecule has 5 nitrogen and oxygen atoms in total. The van der Waals surface area contributed by atoms with E-state index in [1.165, 1.54) is 16.8 Å². The number of nitrogens with one attached hydrogen (secondary N) is 2. The summed E-state index contributed by atoms with van der Waals surface area (Å²) < 4.78 is 5.08. The Kier molecular flexibility index (Phi) is 4.12. The summed E-state index contributed by atoms with van der Waals surface area (Å²) >= 11 is 0.